The number of esters is 3. The molecule has 0 aromatic carbocycles. The van der Waals surface area contributed by atoms with E-state index in [4.69, 9.17) is 14.2 Å². The lowest BCUT2D eigenvalue weighted by molar-refractivity contribution is -0.167. The van der Waals surface area contributed by atoms with Gasteiger partial charge >= 0.3 is 17.9 Å². The van der Waals surface area contributed by atoms with Crippen LogP contribution < -0.4 is 0 Å². The third-order valence-corrected chi connectivity index (χ3v) is 9.90. The molecular weight excluding hydrogens is 769 g/mol. The van der Waals surface area contributed by atoms with Crippen LogP contribution in [-0.2, 0) is 28.6 Å². The Morgan fingerprint density at radius 2 is 0.629 bits per heavy atom. The molecule has 0 fully saturated rings. The topological polar surface area (TPSA) is 78.9 Å². The largest absolute Gasteiger partial charge is 0.462 e. The van der Waals surface area contributed by atoms with E-state index in [1.165, 1.54) is 51.4 Å². The summed E-state index contributed by atoms with van der Waals surface area (Å²) in [6.45, 7) is 6.24. The Kier molecular flexibility index (Phi) is 46.1. The monoisotopic (exact) mass is 857 g/mol. The molecule has 348 valence electrons. The van der Waals surface area contributed by atoms with Crippen molar-refractivity contribution in [2.24, 2.45) is 0 Å². The minimum atomic E-state index is -0.824. The van der Waals surface area contributed by atoms with Crippen LogP contribution in [0.15, 0.2) is 122 Å². The number of allylic oxidation sites excluding steroid dienone is 20. The van der Waals surface area contributed by atoms with E-state index in [1.807, 2.05) is 72.9 Å². The van der Waals surface area contributed by atoms with E-state index in [0.29, 0.717) is 19.3 Å². The molecule has 6 heteroatoms. The third-order valence-electron chi connectivity index (χ3n) is 9.90. The number of unbranched alkanes of at least 4 members (excludes halogenated alkanes) is 18. The lowest BCUT2D eigenvalue weighted by Gasteiger charge is -2.18. The number of ether oxygens (including phenoxy) is 3. The van der Waals surface area contributed by atoms with Gasteiger partial charge in [0, 0.05) is 19.3 Å². The molecule has 1 atom stereocenters. The maximum atomic E-state index is 12.7. The van der Waals surface area contributed by atoms with Crippen LogP contribution in [0.5, 0.6) is 0 Å². The smallest absolute Gasteiger partial charge is 0.306 e. The number of hydrogen-bond donors (Lipinski definition) is 0. The lowest BCUT2D eigenvalue weighted by Crippen LogP contribution is -2.30. The van der Waals surface area contributed by atoms with Gasteiger partial charge in [-0.1, -0.05) is 213 Å². The molecule has 0 aliphatic carbocycles. The van der Waals surface area contributed by atoms with Gasteiger partial charge in [0.1, 0.15) is 13.2 Å². The highest BCUT2D eigenvalue weighted by Gasteiger charge is 2.19. The molecule has 0 heterocycles. The number of carbonyl (C=O) groups is 3. The highest BCUT2D eigenvalue weighted by Crippen LogP contribution is 2.12. The molecule has 0 rings (SSSR count). The Bertz CT molecular complexity index is 1350. The summed E-state index contributed by atoms with van der Waals surface area (Å²) >= 11 is 0. The van der Waals surface area contributed by atoms with E-state index >= 15 is 0 Å². The van der Waals surface area contributed by atoms with E-state index < -0.39 is 6.10 Å². The third kappa shape index (κ3) is 46.9. The fourth-order valence-corrected chi connectivity index (χ4v) is 6.22. The van der Waals surface area contributed by atoms with E-state index in [2.05, 4.69) is 69.4 Å². The van der Waals surface area contributed by atoms with E-state index in [9.17, 15) is 14.4 Å². The maximum Gasteiger partial charge on any atom is 0.306 e. The molecule has 0 saturated heterocycles. The van der Waals surface area contributed by atoms with Gasteiger partial charge in [0.05, 0.1) is 0 Å². The Morgan fingerprint density at radius 3 is 1.02 bits per heavy atom. The first-order valence-corrected chi connectivity index (χ1v) is 24.7. The SMILES string of the molecule is CC/C=C/C=C/C=C/C=C/CCCCCC(=O)OCC(COC(=O)CCCCCCC/C=C/C=C/CCCCCCCCC)OC(=O)CCCCC/C=C/C=C/C=C/C=C/CC. The molecule has 0 amide bonds. The molecule has 6 nitrogen and oxygen atoms in total. The van der Waals surface area contributed by atoms with Crippen LogP contribution in [0.25, 0.3) is 0 Å². The summed E-state index contributed by atoms with van der Waals surface area (Å²) in [5, 5.41) is 0. The highest BCUT2D eigenvalue weighted by atomic mass is 16.6. The second kappa shape index (κ2) is 49.5. The minimum absolute atomic E-state index is 0.119. The molecule has 1 unspecified atom stereocenters. The van der Waals surface area contributed by atoms with E-state index in [0.717, 1.165) is 96.3 Å². The van der Waals surface area contributed by atoms with Gasteiger partial charge in [-0.15, -0.1) is 0 Å². The summed E-state index contributed by atoms with van der Waals surface area (Å²) in [6.07, 6.45) is 67.6. The van der Waals surface area contributed by atoms with Gasteiger partial charge in [-0.05, 0) is 83.5 Å². The molecule has 0 spiro atoms. The summed E-state index contributed by atoms with van der Waals surface area (Å²) in [4.78, 5) is 37.9. The molecule has 0 aliphatic heterocycles. The van der Waals surface area contributed by atoms with Gasteiger partial charge < -0.3 is 14.2 Å². The fourth-order valence-electron chi connectivity index (χ4n) is 6.22. The lowest BCUT2D eigenvalue weighted by atomic mass is 10.1. The van der Waals surface area contributed by atoms with Crippen molar-refractivity contribution >= 4 is 17.9 Å². The average molecular weight is 857 g/mol. The predicted octanol–water partition coefficient (Wildman–Crippen LogP) is 16.1. The van der Waals surface area contributed by atoms with Crippen LogP contribution in [-0.4, -0.2) is 37.2 Å². The molecule has 0 bridgehead atoms. The fraction of sp³-hybridized carbons (Fsp3) is 0.589. The maximum absolute atomic E-state index is 12.7. The van der Waals surface area contributed by atoms with Gasteiger partial charge in [0.25, 0.3) is 0 Å². The summed E-state index contributed by atoms with van der Waals surface area (Å²) in [6, 6.07) is 0. The first kappa shape index (κ1) is 57.8. The Morgan fingerprint density at radius 1 is 0.339 bits per heavy atom. The van der Waals surface area contributed by atoms with Crippen LogP contribution in [0.1, 0.15) is 194 Å². The van der Waals surface area contributed by atoms with E-state index in [-0.39, 0.29) is 37.5 Å². The van der Waals surface area contributed by atoms with Gasteiger partial charge in [0.2, 0.25) is 0 Å². The molecule has 0 radical (unpaired) electrons. The standard InChI is InChI=1S/C56H88O6/c1-4-7-10-13-16-19-22-25-26-27-28-29-32-34-37-40-43-46-49-55(58)61-52-53(62-56(59)50-47-44-41-38-35-31-24-21-18-15-12-9-6-3)51-60-54(57)48-45-42-39-36-33-30-23-20-17-14-11-8-5-2/h8-9,11-12,14-15,17-18,20-21,23-24,26-31,33,35,53H,4-7,10,13,16,19,22,25,32,34,36-52H2,1-3H3/b11-8+,12-9+,17-14+,18-15+,23-20+,24-21+,27-26+,29-28+,33-30+,35-31+. The quantitative estimate of drug-likeness (QED) is 0.0263. The zero-order valence-corrected chi connectivity index (χ0v) is 39.6. The molecule has 0 N–H and O–H groups in total. The van der Waals surface area contributed by atoms with Gasteiger partial charge in [-0.25, -0.2) is 0 Å². The van der Waals surface area contributed by atoms with Crippen LogP contribution in [0.2, 0.25) is 0 Å². The van der Waals surface area contributed by atoms with Crippen LogP contribution in [0.4, 0.5) is 0 Å². The van der Waals surface area contributed by atoms with Crippen molar-refractivity contribution in [3.8, 4) is 0 Å². The van der Waals surface area contributed by atoms with Crippen LogP contribution in [0.3, 0.4) is 0 Å². The Hall–Kier alpha value is -4.19. The summed E-state index contributed by atoms with van der Waals surface area (Å²) in [5.41, 5.74) is 0. The average Bonchev–Trinajstić information content (AvgIpc) is 3.27. The summed E-state index contributed by atoms with van der Waals surface area (Å²) < 4.78 is 16.7. The number of carbonyl (C=O) groups excluding carboxylic acids is 3. The zero-order valence-electron chi connectivity index (χ0n) is 39.6. The Balaban J connectivity index is 4.53. The zero-order chi connectivity index (χ0) is 45.1. The molecule has 62 heavy (non-hydrogen) atoms. The summed E-state index contributed by atoms with van der Waals surface area (Å²) in [5.74, 6) is -1.02. The normalized spacial score (nSPS) is 13.1. The summed E-state index contributed by atoms with van der Waals surface area (Å²) in [7, 11) is 0. The molecular formula is C56H88O6. The second-order valence-electron chi connectivity index (χ2n) is 15.8. The van der Waals surface area contributed by atoms with Crippen molar-refractivity contribution in [3.63, 3.8) is 0 Å². The van der Waals surface area contributed by atoms with Gasteiger partial charge in [0.15, 0.2) is 6.10 Å². The predicted molar refractivity (Wildman–Crippen MR) is 265 cm³/mol. The van der Waals surface area contributed by atoms with Gasteiger partial charge in [-0.3, -0.25) is 14.4 Å². The van der Waals surface area contributed by atoms with Crippen molar-refractivity contribution in [3.05, 3.63) is 122 Å². The molecule has 0 aromatic heterocycles. The first-order chi connectivity index (χ1) is 30.5. The van der Waals surface area contributed by atoms with Crippen molar-refractivity contribution in [2.45, 2.75) is 200 Å². The van der Waals surface area contributed by atoms with Crippen molar-refractivity contribution in [2.75, 3.05) is 13.2 Å². The number of hydrogen-bond acceptors (Lipinski definition) is 6. The second-order valence-corrected chi connectivity index (χ2v) is 15.8. The first-order valence-electron chi connectivity index (χ1n) is 24.7. The molecule has 0 saturated carbocycles. The van der Waals surface area contributed by atoms with Crippen molar-refractivity contribution < 1.29 is 28.6 Å². The number of rotatable bonds is 42. The minimum Gasteiger partial charge on any atom is -0.462 e. The van der Waals surface area contributed by atoms with Gasteiger partial charge in [-0.2, -0.15) is 0 Å². The molecule has 0 aromatic rings. The van der Waals surface area contributed by atoms with Crippen molar-refractivity contribution in [1.29, 1.82) is 0 Å². The Labute approximate surface area is 380 Å². The molecule has 0 aliphatic rings. The highest BCUT2D eigenvalue weighted by molar-refractivity contribution is 5.71. The van der Waals surface area contributed by atoms with Crippen LogP contribution >= 0.6 is 0 Å². The van der Waals surface area contributed by atoms with E-state index in [1.54, 1.807) is 0 Å². The van der Waals surface area contributed by atoms with Crippen molar-refractivity contribution in [1.82, 2.24) is 0 Å². The van der Waals surface area contributed by atoms with Crippen LogP contribution in [0, 0.1) is 0 Å².